The highest BCUT2D eigenvalue weighted by Crippen LogP contribution is 2.32. The maximum absolute atomic E-state index is 13.1. The van der Waals surface area contributed by atoms with Gasteiger partial charge < -0.3 is 9.47 Å². The third-order valence-electron chi connectivity index (χ3n) is 5.17. The average molecular weight is 357 g/mol. The van der Waals surface area contributed by atoms with Crippen molar-refractivity contribution in [2.45, 2.75) is 18.9 Å². The molecule has 1 fully saturated rings. The molecule has 0 saturated carbocycles. The highest BCUT2D eigenvalue weighted by atomic mass is 16.2. The standard InChI is InChI=1S/C21H19N5O/c27-21(16-8-10-17(11-9-16)24-12-3-4-13-24)25-15-5-6-18(25)20-23-22-19-7-1-2-14-26(19)20/h1-4,7-14,18H,5-6,15H2. The smallest absolute Gasteiger partial charge is 0.254 e. The van der Waals surface area contributed by atoms with Gasteiger partial charge in [-0.15, -0.1) is 10.2 Å². The van der Waals surface area contributed by atoms with Gasteiger partial charge in [0.05, 0.1) is 6.04 Å². The SMILES string of the molecule is O=C(c1ccc(-n2cccc2)cc1)N1CCCC1c1nnc2ccccn12. The van der Waals surface area contributed by atoms with Gasteiger partial charge in [-0.2, -0.15) is 0 Å². The summed E-state index contributed by atoms with van der Waals surface area (Å²) in [6, 6.07) is 17.5. The van der Waals surface area contributed by atoms with E-state index in [4.69, 9.17) is 0 Å². The summed E-state index contributed by atoms with van der Waals surface area (Å²) in [5, 5.41) is 8.61. The molecule has 4 heterocycles. The monoisotopic (exact) mass is 357 g/mol. The molecular weight excluding hydrogens is 338 g/mol. The molecule has 6 nitrogen and oxygen atoms in total. The van der Waals surface area contributed by atoms with Gasteiger partial charge in [-0.3, -0.25) is 9.20 Å². The van der Waals surface area contributed by atoms with E-state index in [2.05, 4.69) is 10.2 Å². The number of carbonyl (C=O) groups excluding carboxylic acids is 1. The zero-order chi connectivity index (χ0) is 18.2. The number of amides is 1. The lowest BCUT2D eigenvalue weighted by Crippen LogP contribution is -2.31. The quantitative estimate of drug-likeness (QED) is 0.564. The van der Waals surface area contributed by atoms with Gasteiger partial charge in [0.25, 0.3) is 5.91 Å². The van der Waals surface area contributed by atoms with E-state index in [0.717, 1.165) is 36.5 Å². The van der Waals surface area contributed by atoms with E-state index < -0.39 is 0 Å². The molecule has 6 heteroatoms. The van der Waals surface area contributed by atoms with Crippen molar-refractivity contribution in [3.05, 3.63) is 84.6 Å². The lowest BCUT2D eigenvalue weighted by molar-refractivity contribution is 0.0729. The Morgan fingerprint density at radius 1 is 0.926 bits per heavy atom. The van der Waals surface area contributed by atoms with Gasteiger partial charge in [-0.25, -0.2) is 0 Å². The number of pyridine rings is 1. The molecule has 1 amide bonds. The molecule has 5 rings (SSSR count). The molecule has 0 radical (unpaired) electrons. The summed E-state index contributed by atoms with van der Waals surface area (Å²) < 4.78 is 4.00. The largest absolute Gasteiger partial charge is 0.328 e. The first-order valence-corrected chi connectivity index (χ1v) is 9.15. The van der Waals surface area contributed by atoms with Crippen LogP contribution in [0.2, 0.25) is 0 Å². The molecule has 1 atom stereocenters. The summed E-state index contributed by atoms with van der Waals surface area (Å²) >= 11 is 0. The Balaban J connectivity index is 1.44. The normalized spacial score (nSPS) is 16.9. The van der Waals surface area contributed by atoms with Crippen molar-refractivity contribution < 1.29 is 4.79 Å². The van der Waals surface area contributed by atoms with Crippen molar-refractivity contribution in [2.24, 2.45) is 0 Å². The Hall–Kier alpha value is -3.41. The van der Waals surface area contributed by atoms with Crippen LogP contribution in [0, 0.1) is 0 Å². The zero-order valence-electron chi connectivity index (χ0n) is 14.8. The molecule has 0 spiro atoms. The summed E-state index contributed by atoms with van der Waals surface area (Å²) in [7, 11) is 0. The summed E-state index contributed by atoms with van der Waals surface area (Å²) in [5.74, 6) is 0.879. The number of likely N-dealkylation sites (tertiary alicyclic amines) is 1. The van der Waals surface area contributed by atoms with Crippen molar-refractivity contribution in [1.29, 1.82) is 0 Å². The van der Waals surface area contributed by atoms with Crippen LogP contribution in [0.5, 0.6) is 0 Å². The molecule has 1 saturated heterocycles. The molecule has 0 N–H and O–H groups in total. The number of hydrogen-bond acceptors (Lipinski definition) is 3. The fourth-order valence-electron chi connectivity index (χ4n) is 3.81. The third-order valence-corrected chi connectivity index (χ3v) is 5.17. The molecular formula is C21H19N5O. The average Bonchev–Trinajstić information content (AvgIpc) is 3.47. The molecule has 0 bridgehead atoms. The highest BCUT2D eigenvalue weighted by molar-refractivity contribution is 5.94. The number of carbonyl (C=O) groups is 1. The molecule has 1 aromatic carbocycles. The van der Waals surface area contributed by atoms with Crippen molar-refractivity contribution in [3.63, 3.8) is 0 Å². The molecule has 0 aliphatic carbocycles. The third kappa shape index (κ3) is 2.70. The van der Waals surface area contributed by atoms with Crippen LogP contribution in [0.3, 0.4) is 0 Å². The van der Waals surface area contributed by atoms with Crippen LogP contribution < -0.4 is 0 Å². The summed E-state index contributed by atoms with van der Waals surface area (Å²) in [6.45, 7) is 0.741. The van der Waals surface area contributed by atoms with Crippen LogP contribution in [-0.4, -0.2) is 36.5 Å². The van der Waals surface area contributed by atoms with E-state index in [1.165, 1.54) is 0 Å². The lowest BCUT2D eigenvalue weighted by atomic mass is 10.1. The molecule has 4 aromatic rings. The molecule has 27 heavy (non-hydrogen) atoms. The molecule has 1 unspecified atom stereocenters. The number of rotatable bonds is 3. The van der Waals surface area contributed by atoms with Gasteiger partial charge in [0.15, 0.2) is 11.5 Å². The Labute approximate surface area is 156 Å². The summed E-state index contributed by atoms with van der Waals surface area (Å²) in [5.41, 5.74) is 2.55. The fourth-order valence-corrected chi connectivity index (χ4v) is 3.81. The van der Waals surface area contributed by atoms with E-state index in [1.807, 2.05) is 87.1 Å². The van der Waals surface area contributed by atoms with Gasteiger partial charge in [0.1, 0.15) is 0 Å². The minimum atomic E-state index is -0.0426. The van der Waals surface area contributed by atoms with E-state index in [0.29, 0.717) is 5.56 Å². The predicted octanol–water partition coefficient (Wildman–Crippen LogP) is 3.50. The van der Waals surface area contributed by atoms with Crippen LogP contribution in [0.25, 0.3) is 11.3 Å². The molecule has 134 valence electrons. The Bertz CT molecular complexity index is 1080. The Kier molecular flexibility index (Phi) is 3.74. The van der Waals surface area contributed by atoms with Crippen molar-refractivity contribution in [3.8, 4) is 5.69 Å². The van der Waals surface area contributed by atoms with Crippen molar-refractivity contribution in [2.75, 3.05) is 6.54 Å². The van der Waals surface area contributed by atoms with Gasteiger partial charge in [0, 0.05) is 36.4 Å². The zero-order valence-corrected chi connectivity index (χ0v) is 14.8. The summed E-state index contributed by atoms with van der Waals surface area (Å²) in [6.07, 6.45) is 7.81. The lowest BCUT2D eigenvalue weighted by Gasteiger charge is -2.23. The van der Waals surface area contributed by atoms with E-state index in [9.17, 15) is 4.79 Å². The van der Waals surface area contributed by atoms with Gasteiger partial charge in [0.2, 0.25) is 0 Å². The first kappa shape index (κ1) is 15.8. The van der Waals surface area contributed by atoms with Crippen LogP contribution in [0.4, 0.5) is 0 Å². The number of nitrogens with zero attached hydrogens (tertiary/aromatic N) is 5. The first-order valence-electron chi connectivity index (χ1n) is 9.15. The minimum Gasteiger partial charge on any atom is -0.328 e. The van der Waals surface area contributed by atoms with E-state index in [-0.39, 0.29) is 11.9 Å². The molecule has 3 aromatic heterocycles. The van der Waals surface area contributed by atoms with Crippen LogP contribution in [-0.2, 0) is 0 Å². The number of aromatic nitrogens is 4. The van der Waals surface area contributed by atoms with E-state index in [1.54, 1.807) is 0 Å². The molecule has 1 aliphatic heterocycles. The van der Waals surface area contributed by atoms with E-state index >= 15 is 0 Å². The highest BCUT2D eigenvalue weighted by Gasteiger charge is 2.33. The maximum atomic E-state index is 13.1. The number of benzene rings is 1. The second-order valence-electron chi connectivity index (χ2n) is 6.78. The van der Waals surface area contributed by atoms with Crippen LogP contribution >= 0.6 is 0 Å². The minimum absolute atomic E-state index is 0.0426. The first-order chi connectivity index (χ1) is 13.3. The maximum Gasteiger partial charge on any atom is 0.254 e. The van der Waals surface area contributed by atoms with Gasteiger partial charge in [-0.1, -0.05) is 6.07 Å². The topological polar surface area (TPSA) is 55.4 Å². The Morgan fingerprint density at radius 3 is 2.52 bits per heavy atom. The van der Waals surface area contributed by atoms with Crippen molar-refractivity contribution >= 4 is 11.6 Å². The molecule has 1 aliphatic rings. The van der Waals surface area contributed by atoms with Gasteiger partial charge in [-0.05, 0) is 61.4 Å². The summed E-state index contributed by atoms with van der Waals surface area (Å²) in [4.78, 5) is 15.1. The number of fused-ring (bicyclic) bond motifs is 1. The predicted molar refractivity (Wildman–Crippen MR) is 102 cm³/mol. The second kappa shape index (κ2) is 6.39. The fraction of sp³-hybridized carbons (Fsp3) is 0.190. The van der Waals surface area contributed by atoms with Crippen LogP contribution in [0.1, 0.15) is 35.1 Å². The van der Waals surface area contributed by atoms with Crippen LogP contribution in [0.15, 0.2) is 73.2 Å². The second-order valence-corrected chi connectivity index (χ2v) is 6.78. The number of hydrogen-bond donors (Lipinski definition) is 0. The van der Waals surface area contributed by atoms with Crippen molar-refractivity contribution in [1.82, 2.24) is 24.1 Å². The Morgan fingerprint density at radius 2 is 1.70 bits per heavy atom. The van der Waals surface area contributed by atoms with Gasteiger partial charge >= 0.3 is 0 Å².